The molecule has 0 aromatic heterocycles. The molecule has 0 amide bonds. The topological polar surface area (TPSA) is 21.3 Å². The molecule has 0 radical (unpaired) electrons. The summed E-state index contributed by atoms with van der Waals surface area (Å²) in [7, 11) is 0. The van der Waals surface area contributed by atoms with Crippen LogP contribution in [0.4, 0.5) is 0 Å². The summed E-state index contributed by atoms with van der Waals surface area (Å²) in [5, 5.41) is 3.67. The van der Waals surface area contributed by atoms with Gasteiger partial charge in [0.1, 0.15) is 0 Å². The van der Waals surface area contributed by atoms with Gasteiger partial charge < -0.3 is 10.1 Å². The Morgan fingerprint density at radius 2 is 2.00 bits per heavy atom. The predicted octanol–water partition coefficient (Wildman–Crippen LogP) is 3.35. The highest BCUT2D eigenvalue weighted by molar-refractivity contribution is 8.00. The van der Waals surface area contributed by atoms with Crippen LogP contribution in [-0.4, -0.2) is 35.3 Å². The maximum absolute atomic E-state index is 6.34. The molecule has 0 bridgehead atoms. The molecule has 2 aliphatic heterocycles. The number of ether oxygens (including phenoxy) is 1. The summed E-state index contributed by atoms with van der Waals surface area (Å²) >= 11 is 2.14. The molecule has 2 atom stereocenters. The molecule has 3 fully saturated rings. The molecule has 18 heavy (non-hydrogen) atoms. The molecule has 1 aliphatic carbocycles. The molecule has 0 aromatic rings. The van der Waals surface area contributed by atoms with Crippen LogP contribution in [0.15, 0.2) is 0 Å². The molecule has 2 heterocycles. The Morgan fingerprint density at radius 3 is 2.72 bits per heavy atom. The molecule has 1 spiro atoms. The van der Waals surface area contributed by atoms with E-state index in [0.29, 0.717) is 16.5 Å². The molecular formula is C15H27NOS. The Bertz CT molecular complexity index is 282. The zero-order chi connectivity index (χ0) is 12.5. The van der Waals surface area contributed by atoms with Crippen molar-refractivity contribution in [1.82, 2.24) is 5.32 Å². The van der Waals surface area contributed by atoms with Crippen molar-refractivity contribution in [1.29, 1.82) is 0 Å². The number of thioether (sulfide) groups is 1. The molecular weight excluding hydrogens is 242 g/mol. The first kappa shape index (κ1) is 13.3. The van der Waals surface area contributed by atoms with Gasteiger partial charge in [-0.15, -0.1) is 0 Å². The van der Waals surface area contributed by atoms with E-state index in [-0.39, 0.29) is 0 Å². The smallest absolute Gasteiger partial charge is 0.0708 e. The van der Waals surface area contributed by atoms with Crippen molar-refractivity contribution in [3.05, 3.63) is 0 Å². The summed E-state index contributed by atoms with van der Waals surface area (Å²) in [6.45, 7) is 4.63. The van der Waals surface area contributed by atoms with Gasteiger partial charge in [-0.25, -0.2) is 0 Å². The van der Waals surface area contributed by atoms with Crippen LogP contribution in [0.1, 0.15) is 58.3 Å². The van der Waals surface area contributed by atoms with Crippen molar-refractivity contribution in [2.45, 2.75) is 74.7 Å². The Labute approximate surface area is 116 Å². The first-order chi connectivity index (χ1) is 8.70. The Balaban J connectivity index is 1.39. The van der Waals surface area contributed by atoms with Gasteiger partial charge in [-0.3, -0.25) is 0 Å². The van der Waals surface area contributed by atoms with Gasteiger partial charge in [0.05, 0.1) is 11.7 Å². The lowest BCUT2D eigenvalue weighted by molar-refractivity contribution is -0.0351. The van der Waals surface area contributed by atoms with Gasteiger partial charge >= 0.3 is 0 Å². The van der Waals surface area contributed by atoms with E-state index in [4.69, 9.17) is 4.74 Å². The summed E-state index contributed by atoms with van der Waals surface area (Å²) in [6, 6.07) is 0. The minimum absolute atomic E-state index is 0.304. The fraction of sp³-hybridized carbons (Fsp3) is 1.00. The molecule has 104 valence electrons. The molecule has 2 nitrogen and oxygen atoms in total. The van der Waals surface area contributed by atoms with Gasteiger partial charge in [-0.1, -0.05) is 12.8 Å². The Kier molecular flexibility index (Phi) is 3.93. The van der Waals surface area contributed by atoms with Crippen LogP contribution in [0.5, 0.6) is 0 Å². The lowest BCUT2D eigenvalue weighted by Crippen LogP contribution is -2.38. The lowest BCUT2D eigenvalue weighted by Gasteiger charge is -2.26. The summed E-state index contributed by atoms with van der Waals surface area (Å²) in [6.07, 6.45) is 11.2. The third-order valence-electron chi connectivity index (χ3n) is 5.02. The lowest BCUT2D eigenvalue weighted by atomic mass is 9.98. The van der Waals surface area contributed by atoms with Gasteiger partial charge in [-0.05, 0) is 51.2 Å². The second-order valence-electron chi connectivity index (χ2n) is 6.70. The van der Waals surface area contributed by atoms with Crippen LogP contribution in [-0.2, 0) is 4.74 Å². The number of rotatable bonds is 4. The standard InChI is InChI=1S/C15H27NOS/c1-14(6-4-10-18-14)12-16-11-13-5-9-15(17-13)7-2-3-8-15/h13,16H,2-12H2,1H3. The average molecular weight is 269 g/mol. The fourth-order valence-corrected chi connectivity index (χ4v) is 5.17. The normalized spacial score (nSPS) is 38.8. The second-order valence-corrected chi connectivity index (χ2v) is 8.38. The van der Waals surface area contributed by atoms with Crippen molar-refractivity contribution in [3.63, 3.8) is 0 Å². The Morgan fingerprint density at radius 1 is 1.17 bits per heavy atom. The number of hydrogen-bond acceptors (Lipinski definition) is 3. The molecule has 3 heteroatoms. The molecule has 1 saturated carbocycles. The highest BCUT2D eigenvalue weighted by Crippen LogP contribution is 2.43. The first-order valence-electron chi connectivity index (χ1n) is 7.72. The molecule has 2 saturated heterocycles. The predicted molar refractivity (Wildman–Crippen MR) is 78.3 cm³/mol. The maximum Gasteiger partial charge on any atom is 0.0708 e. The first-order valence-corrected chi connectivity index (χ1v) is 8.71. The van der Waals surface area contributed by atoms with Crippen molar-refractivity contribution in [2.75, 3.05) is 18.8 Å². The number of hydrogen-bond donors (Lipinski definition) is 1. The summed E-state index contributed by atoms with van der Waals surface area (Å²) in [5.74, 6) is 1.35. The van der Waals surface area contributed by atoms with Gasteiger partial charge in [0.25, 0.3) is 0 Å². The van der Waals surface area contributed by atoms with Crippen molar-refractivity contribution < 1.29 is 4.74 Å². The average Bonchev–Trinajstić information content (AvgIpc) is 3.05. The van der Waals surface area contributed by atoms with Gasteiger partial charge in [0, 0.05) is 17.8 Å². The van der Waals surface area contributed by atoms with E-state index in [1.807, 2.05) is 0 Å². The van der Waals surface area contributed by atoms with E-state index in [2.05, 4.69) is 24.0 Å². The van der Waals surface area contributed by atoms with Crippen LogP contribution < -0.4 is 5.32 Å². The summed E-state index contributed by atoms with van der Waals surface area (Å²) in [5.41, 5.74) is 0.304. The van der Waals surface area contributed by atoms with Crippen LogP contribution in [0.3, 0.4) is 0 Å². The fourth-order valence-electron chi connectivity index (χ4n) is 3.90. The highest BCUT2D eigenvalue weighted by Gasteiger charge is 2.42. The quantitative estimate of drug-likeness (QED) is 0.845. The largest absolute Gasteiger partial charge is 0.370 e. The van der Waals surface area contributed by atoms with Crippen molar-refractivity contribution in [2.24, 2.45) is 0 Å². The van der Waals surface area contributed by atoms with Gasteiger partial charge in [-0.2, -0.15) is 11.8 Å². The summed E-state index contributed by atoms with van der Waals surface area (Å²) in [4.78, 5) is 0. The van der Waals surface area contributed by atoms with E-state index < -0.39 is 0 Å². The van der Waals surface area contributed by atoms with E-state index in [9.17, 15) is 0 Å². The van der Waals surface area contributed by atoms with Crippen molar-refractivity contribution >= 4 is 11.8 Å². The minimum atomic E-state index is 0.304. The third kappa shape index (κ3) is 2.88. The summed E-state index contributed by atoms with van der Waals surface area (Å²) < 4.78 is 6.83. The van der Waals surface area contributed by atoms with E-state index in [1.165, 1.54) is 57.1 Å². The maximum atomic E-state index is 6.34. The van der Waals surface area contributed by atoms with Gasteiger partial charge in [0.2, 0.25) is 0 Å². The second kappa shape index (κ2) is 5.34. The van der Waals surface area contributed by atoms with E-state index in [0.717, 1.165) is 13.1 Å². The highest BCUT2D eigenvalue weighted by atomic mass is 32.2. The Hall–Kier alpha value is 0.270. The minimum Gasteiger partial charge on any atom is -0.370 e. The van der Waals surface area contributed by atoms with Crippen LogP contribution >= 0.6 is 11.8 Å². The number of nitrogens with one attached hydrogen (secondary N) is 1. The zero-order valence-corrected chi connectivity index (χ0v) is 12.5. The van der Waals surface area contributed by atoms with Crippen molar-refractivity contribution in [3.8, 4) is 0 Å². The van der Waals surface area contributed by atoms with Crippen LogP contribution in [0.25, 0.3) is 0 Å². The monoisotopic (exact) mass is 269 g/mol. The molecule has 3 aliphatic rings. The molecule has 3 rings (SSSR count). The van der Waals surface area contributed by atoms with Crippen LogP contribution in [0, 0.1) is 0 Å². The SMILES string of the molecule is CC1(CNCC2CCC3(CCCC3)O2)CCCS1. The molecule has 0 aromatic carbocycles. The molecule has 1 N–H and O–H groups in total. The van der Waals surface area contributed by atoms with E-state index in [1.54, 1.807) is 0 Å². The van der Waals surface area contributed by atoms with Crippen LogP contribution in [0.2, 0.25) is 0 Å². The molecule has 2 unspecified atom stereocenters. The zero-order valence-electron chi connectivity index (χ0n) is 11.7. The third-order valence-corrected chi connectivity index (χ3v) is 6.56. The van der Waals surface area contributed by atoms with E-state index >= 15 is 0 Å². The van der Waals surface area contributed by atoms with Gasteiger partial charge in [0.15, 0.2) is 0 Å².